The molecule has 1 aromatic rings. The van der Waals surface area contributed by atoms with E-state index in [-0.39, 0.29) is 11.9 Å². The average molecular weight is 313 g/mol. The van der Waals surface area contributed by atoms with Gasteiger partial charge in [-0.3, -0.25) is 4.79 Å². The lowest BCUT2D eigenvalue weighted by atomic mass is 10.1. The minimum Gasteiger partial charge on any atom is -0.497 e. The van der Waals surface area contributed by atoms with Gasteiger partial charge in [0.15, 0.2) is 0 Å². The van der Waals surface area contributed by atoms with Crippen molar-refractivity contribution in [2.24, 2.45) is 0 Å². The first kappa shape index (κ1) is 16.1. The zero-order valence-electron chi connectivity index (χ0n) is 12.2. The van der Waals surface area contributed by atoms with Crippen molar-refractivity contribution in [3.63, 3.8) is 0 Å². The Kier molecular flexibility index (Phi) is 6.29. The fourth-order valence-corrected chi connectivity index (χ4v) is 2.51. The maximum Gasteiger partial charge on any atom is 0.221 e. The fourth-order valence-electron chi connectivity index (χ4n) is 2.24. The summed E-state index contributed by atoms with van der Waals surface area (Å²) >= 11 is 6.16. The van der Waals surface area contributed by atoms with Crippen molar-refractivity contribution in [2.45, 2.75) is 18.9 Å². The summed E-state index contributed by atoms with van der Waals surface area (Å²) in [5.41, 5.74) is 0.997. The molecule has 6 heteroatoms. The number of carbonyl (C=O) groups is 1. The van der Waals surface area contributed by atoms with Crippen LogP contribution in [0.1, 0.15) is 12.0 Å². The number of rotatable bonds is 6. The van der Waals surface area contributed by atoms with Crippen LogP contribution >= 0.6 is 11.6 Å². The van der Waals surface area contributed by atoms with Gasteiger partial charge in [0.05, 0.1) is 20.3 Å². The molecule has 5 nitrogen and oxygen atoms in total. The molecule has 0 saturated carbocycles. The molecule has 0 bridgehead atoms. The standard InChI is InChI=1S/C15H21ClN2O3/c1-20-13-3-2-11(14(16)9-13)4-5-18-15(19)8-12-10-21-7-6-17-12/h2-3,9,12,17H,4-8,10H2,1H3,(H,18,19). The Bertz CT molecular complexity index is 476. The van der Waals surface area contributed by atoms with Gasteiger partial charge in [-0.1, -0.05) is 17.7 Å². The third-order valence-electron chi connectivity index (χ3n) is 3.41. The van der Waals surface area contributed by atoms with Crippen LogP contribution in [0.15, 0.2) is 18.2 Å². The number of amides is 1. The van der Waals surface area contributed by atoms with E-state index >= 15 is 0 Å². The Morgan fingerprint density at radius 1 is 1.57 bits per heavy atom. The van der Waals surface area contributed by atoms with E-state index in [0.717, 1.165) is 17.9 Å². The smallest absolute Gasteiger partial charge is 0.221 e. The van der Waals surface area contributed by atoms with E-state index in [0.29, 0.717) is 37.6 Å². The van der Waals surface area contributed by atoms with Crippen LogP contribution < -0.4 is 15.4 Å². The van der Waals surface area contributed by atoms with Crippen LogP contribution in [0.3, 0.4) is 0 Å². The Hall–Kier alpha value is -1.30. The van der Waals surface area contributed by atoms with Crippen LogP contribution in [0.4, 0.5) is 0 Å². The molecular formula is C15H21ClN2O3. The summed E-state index contributed by atoms with van der Waals surface area (Å²) in [6, 6.07) is 5.68. The molecule has 0 spiro atoms. The molecule has 1 unspecified atom stereocenters. The van der Waals surface area contributed by atoms with Gasteiger partial charge < -0.3 is 20.1 Å². The predicted octanol–water partition coefficient (Wildman–Crippen LogP) is 1.39. The third-order valence-corrected chi connectivity index (χ3v) is 3.76. The molecule has 2 N–H and O–H groups in total. The van der Waals surface area contributed by atoms with Crippen LogP contribution in [0.25, 0.3) is 0 Å². The minimum atomic E-state index is 0.0302. The number of ether oxygens (including phenoxy) is 2. The number of morpholine rings is 1. The van der Waals surface area contributed by atoms with Crippen LogP contribution in [-0.2, 0) is 16.0 Å². The number of methoxy groups -OCH3 is 1. The SMILES string of the molecule is COc1ccc(CCNC(=O)CC2COCCN2)c(Cl)c1. The molecule has 1 heterocycles. The monoisotopic (exact) mass is 312 g/mol. The zero-order chi connectivity index (χ0) is 15.1. The summed E-state index contributed by atoms with van der Waals surface area (Å²) < 4.78 is 10.4. The first-order chi connectivity index (χ1) is 10.2. The molecule has 1 aliphatic heterocycles. The Morgan fingerprint density at radius 3 is 3.10 bits per heavy atom. The van der Waals surface area contributed by atoms with Crippen LogP contribution in [-0.4, -0.2) is 45.4 Å². The minimum absolute atomic E-state index is 0.0302. The van der Waals surface area contributed by atoms with Gasteiger partial charge in [-0.05, 0) is 24.1 Å². The molecule has 1 aliphatic rings. The van der Waals surface area contributed by atoms with Gasteiger partial charge in [0.1, 0.15) is 5.75 Å². The second kappa shape index (κ2) is 8.22. The van der Waals surface area contributed by atoms with E-state index < -0.39 is 0 Å². The summed E-state index contributed by atoms with van der Waals surface area (Å²) in [6.07, 6.45) is 1.14. The van der Waals surface area contributed by atoms with E-state index in [1.54, 1.807) is 13.2 Å². The highest BCUT2D eigenvalue weighted by molar-refractivity contribution is 6.31. The number of hydrogen-bond donors (Lipinski definition) is 2. The van der Waals surface area contributed by atoms with E-state index in [9.17, 15) is 4.79 Å². The molecule has 0 radical (unpaired) electrons. The molecule has 116 valence electrons. The van der Waals surface area contributed by atoms with Crippen molar-refractivity contribution < 1.29 is 14.3 Å². The molecule has 1 saturated heterocycles. The number of halogens is 1. The number of benzene rings is 1. The summed E-state index contributed by atoms with van der Waals surface area (Å²) in [4.78, 5) is 11.8. The van der Waals surface area contributed by atoms with Gasteiger partial charge in [0.2, 0.25) is 5.91 Å². The highest BCUT2D eigenvalue weighted by Crippen LogP contribution is 2.22. The molecule has 1 amide bonds. The maximum atomic E-state index is 11.8. The van der Waals surface area contributed by atoms with Crippen molar-refractivity contribution in [1.82, 2.24) is 10.6 Å². The molecule has 1 aromatic carbocycles. The van der Waals surface area contributed by atoms with Gasteiger partial charge in [-0.15, -0.1) is 0 Å². The molecule has 1 fully saturated rings. The van der Waals surface area contributed by atoms with Crippen LogP contribution in [0.2, 0.25) is 5.02 Å². The predicted molar refractivity (Wildman–Crippen MR) is 81.9 cm³/mol. The molecule has 21 heavy (non-hydrogen) atoms. The lowest BCUT2D eigenvalue weighted by Crippen LogP contribution is -2.44. The third kappa shape index (κ3) is 5.19. The molecular weight excluding hydrogens is 292 g/mol. The van der Waals surface area contributed by atoms with E-state index in [4.69, 9.17) is 21.1 Å². The van der Waals surface area contributed by atoms with Gasteiger partial charge in [-0.2, -0.15) is 0 Å². The Balaban J connectivity index is 1.72. The topological polar surface area (TPSA) is 59.6 Å². The van der Waals surface area contributed by atoms with Crippen LogP contribution in [0, 0.1) is 0 Å². The quantitative estimate of drug-likeness (QED) is 0.833. The van der Waals surface area contributed by atoms with Gasteiger partial charge >= 0.3 is 0 Å². The van der Waals surface area contributed by atoms with Crippen LogP contribution in [0.5, 0.6) is 5.75 Å². The maximum absolute atomic E-state index is 11.8. The van der Waals surface area contributed by atoms with Gasteiger partial charge in [0, 0.05) is 30.6 Å². The summed E-state index contributed by atoms with van der Waals surface area (Å²) in [5, 5.41) is 6.83. The second-order valence-corrected chi connectivity index (χ2v) is 5.39. The van der Waals surface area contributed by atoms with Crippen molar-refractivity contribution in [2.75, 3.05) is 33.4 Å². The lowest BCUT2D eigenvalue weighted by molar-refractivity contribution is -0.122. The molecule has 2 rings (SSSR count). The zero-order valence-corrected chi connectivity index (χ0v) is 12.9. The normalized spacial score (nSPS) is 18.3. The number of carbonyl (C=O) groups excluding carboxylic acids is 1. The fraction of sp³-hybridized carbons (Fsp3) is 0.533. The molecule has 0 aliphatic carbocycles. The van der Waals surface area contributed by atoms with E-state index in [1.165, 1.54) is 0 Å². The van der Waals surface area contributed by atoms with Crippen molar-refractivity contribution in [1.29, 1.82) is 0 Å². The van der Waals surface area contributed by atoms with Gasteiger partial charge in [0.25, 0.3) is 0 Å². The molecule has 0 aromatic heterocycles. The number of nitrogens with one attached hydrogen (secondary N) is 2. The average Bonchev–Trinajstić information content (AvgIpc) is 2.50. The first-order valence-electron chi connectivity index (χ1n) is 7.09. The Morgan fingerprint density at radius 2 is 2.43 bits per heavy atom. The van der Waals surface area contributed by atoms with Gasteiger partial charge in [-0.25, -0.2) is 0 Å². The highest BCUT2D eigenvalue weighted by atomic mass is 35.5. The van der Waals surface area contributed by atoms with Crippen molar-refractivity contribution in [3.05, 3.63) is 28.8 Å². The largest absolute Gasteiger partial charge is 0.497 e. The van der Waals surface area contributed by atoms with E-state index in [2.05, 4.69) is 10.6 Å². The number of hydrogen-bond acceptors (Lipinski definition) is 4. The lowest BCUT2D eigenvalue weighted by Gasteiger charge is -2.23. The highest BCUT2D eigenvalue weighted by Gasteiger charge is 2.16. The summed E-state index contributed by atoms with van der Waals surface area (Å²) in [6.45, 7) is 2.68. The molecule has 1 atom stereocenters. The van der Waals surface area contributed by atoms with Crippen molar-refractivity contribution in [3.8, 4) is 5.75 Å². The van der Waals surface area contributed by atoms with Crippen molar-refractivity contribution >= 4 is 17.5 Å². The Labute approximate surface area is 130 Å². The van der Waals surface area contributed by atoms with E-state index in [1.807, 2.05) is 12.1 Å². The summed E-state index contributed by atoms with van der Waals surface area (Å²) in [5.74, 6) is 0.763. The first-order valence-corrected chi connectivity index (χ1v) is 7.47. The second-order valence-electron chi connectivity index (χ2n) is 4.99. The summed E-state index contributed by atoms with van der Waals surface area (Å²) in [7, 11) is 1.61.